The fraction of sp³-hybridized carbons (Fsp3) is 0.429. The molecule has 1 aromatic rings. The molecule has 2 atom stereocenters. The molecule has 2 N–H and O–H groups in total. The molecule has 0 aliphatic carbocycles. The highest BCUT2D eigenvalue weighted by Crippen LogP contribution is 2.41. The number of hydrogen-bond acceptors (Lipinski definition) is 9. The highest BCUT2D eigenvalue weighted by molar-refractivity contribution is 9.09. The number of halogens is 1. The molecule has 3 rings (SSSR count). The number of Topliss-reactive ketones (excluding diaryl/α,β-unsaturated/α-hetero) is 1. The number of amides is 2. The van der Waals surface area contributed by atoms with Crippen molar-refractivity contribution in [3.05, 3.63) is 17.6 Å². The number of hydrogen-bond donors (Lipinski definition) is 2. The molecule has 2 amide bonds. The first-order chi connectivity index (χ1) is 12.9. The zero-order chi connectivity index (χ0) is 19.6. The van der Waals surface area contributed by atoms with Gasteiger partial charge in [0.15, 0.2) is 10.1 Å². The number of ketones is 1. The van der Waals surface area contributed by atoms with Crippen molar-refractivity contribution >= 4 is 74.6 Å². The predicted octanol–water partition coefficient (Wildman–Crippen LogP) is 0.723. The predicted molar refractivity (Wildman–Crippen MR) is 104 cm³/mol. The topological polar surface area (TPSA) is 130 Å². The van der Waals surface area contributed by atoms with Crippen molar-refractivity contribution < 1.29 is 24.3 Å². The van der Waals surface area contributed by atoms with Crippen LogP contribution in [0.2, 0.25) is 0 Å². The summed E-state index contributed by atoms with van der Waals surface area (Å²) in [6.45, 7) is 0. The molecule has 3 heterocycles. The van der Waals surface area contributed by atoms with Crippen LogP contribution in [0.4, 0.5) is 0 Å². The number of aromatic nitrogens is 2. The number of thioether (sulfide) groups is 2. The third kappa shape index (κ3) is 4.36. The quantitative estimate of drug-likeness (QED) is 0.233. The van der Waals surface area contributed by atoms with Gasteiger partial charge in [-0.15, -0.1) is 11.8 Å². The first-order valence-electron chi connectivity index (χ1n) is 7.59. The Morgan fingerprint density at radius 3 is 2.85 bits per heavy atom. The third-order valence-electron chi connectivity index (χ3n) is 3.78. The fourth-order valence-corrected chi connectivity index (χ4v) is 5.75. The number of carboxylic acids is 1. The summed E-state index contributed by atoms with van der Waals surface area (Å²) in [6, 6.07) is -0.822. The molecule has 0 spiro atoms. The second-order valence-electron chi connectivity index (χ2n) is 5.56. The molecule has 0 bridgehead atoms. The van der Waals surface area contributed by atoms with Crippen molar-refractivity contribution in [1.29, 1.82) is 0 Å². The SMILES string of the molecule is O=C(CBr)CC(=O)NC1C(=O)N2C(C(=O)O)=C(CSc3ncns3)CS[C@@H]12. The fourth-order valence-electron chi connectivity index (χ4n) is 2.62. The molecule has 144 valence electrons. The standard InChI is InChI=1S/C14H13BrN4O5S3/c15-2-7(20)1-8(21)18-9-11(22)19-10(13(23)24)6(3-25-12(9)19)4-26-14-16-5-17-27-14/h5,9,12H,1-4H2,(H,18,21)(H,23,24)/t9?,12-/m0/s1. The lowest BCUT2D eigenvalue weighted by Gasteiger charge is -2.49. The average molecular weight is 493 g/mol. The van der Waals surface area contributed by atoms with Gasteiger partial charge in [-0.3, -0.25) is 19.3 Å². The second kappa shape index (κ2) is 8.71. The first kappa shape index (κ1) is 20.3. The van der Waals surface area contributed by atoms with E-state index in [1.54, 1.807) is 0 Å². The minimum absolute atomic E-state index is 0.0391. The highest BCUT2D eigenvalue weighted by Gasteiger charge is 2.54. The Bertz CT molecular complexity index is 816. The van der Waals surface area contributed by atoms with E-state index in [-0.39, 0.29) is 23.2 Å². The van der Waals surface area contributed by atoms with Gasteiger partial charge in [0.1, 0.15) is 23.4 Å². The van der Waals surface area contributed by atoms with Crippen molar-refractivity contribution in [2.45, 2.75) is 22.2 Å². The summed E-state index contributed by atoms with van der Waals surface area (Å²) in [6.07, 6.45) is 1.11. The largest absolute Gasteiger partial charge is 0.477 e. The van der Waals surface area contributed by atoms with E-state index in [2.05, 4.69) is 30.6 Å². The molecule has 1 fully saturated rings. The maximum absolute atomic E-state index is 12.5. The maximum atomic E-state index is 12.5. The van der Waals surface area contributed by atoms with Gasteiger partial charge in [0.2, 0.25) is 5.91 Å². The zero-order valence-corrected chi connectivity index (χ0v) is 17.6. The smallest absolute Gasteiger partial charge is 0.352 e. The summed E-state index contributed by atoms with van der Waals surface area (Å²) in [4.78, 5) is 52.7. The average Bonchev–Trinajstić information content (AvgIpc) is 3.16. The Balaban J connectivity index is 1.69. The van der Waals surface area contributed by atoms with Gasteiger partial charge in [-0.1, -0.05) is 27.7 Å². The zero-order valence-electron chi connectivity index (χ0n) is 13.6. The van der Waals surface area contributed by atoms with E-state index in [9.17, 15) is 24.3 Å². The summed E-state index contributed by atoms with van der Waals surface area (Å²) in [5.74, 6) is -1.69. The van der Waals surface area contributed by atoms with Crippen LogP contribution in [-0.4, -0.2) is 71.2 Å². The van der Waals surface area contributed by atoms with Gasteiger partial charge in [-0.25, -0.2) is 9.78 Å². The van der Waals surface area contributed by atoms with Crippen LogP contribution in [0.3, 0.4) is 0 Å². The number of carboxylic acid groups (broad SMARTS) is 1. The molecule has 2 aliphatic rings. The molecule has 1 aromatic heterocycles. The van der Waals surface area contributed by atoms with Crippen molar-refractivity contribution in [3.63, 3.8) is 0 Å². The van der Waals surface area contributed by atoms with E-state index in [4.69, 9.17) is 0 Å². The van der Waals surface area contributed by atoms with E-state index in [1.807, 2.05) is 0 Å². The molecular formula is C14H13BrN4O5S3. The molecule has 1 saturated heterocycles. The van der Waals surface area contributed by atoms with Crippen LogP contribution in [0.5, 0.6) is 0 Å². The third-order valence-corrected chi connectivity index (χ3v) is 7.63. The monoisotopic (exact) mass is 492 g/mol. The van der Waals surface area contributed by atoms with Crippen molar-refractivity contribution in [1.82, 2.24) is 19.6 Å². The molecule has 1 unspecified atom stereocenters. The molecule has 0 aromatic carbocycles. The Kier molecular flexibility index (Phi) is 6.55. The Morgan fingerprint density at radius 2 is 2.22 bits per heavy atom. The van der Waals surface area contributed by atoms with Crippen LogP contribution in [0.1, 0.15) is 6.42 Å². The van der Waals surface area contributed by atoms with Gasteiger partial charge in [0.05, 0.1) is 11.8 Å². The molecule has 9 nitrogen and oxygen atoms in total. The van der Waals surface area contributed by atoms with Gasteiger partial charge >= 0.3 is 5.97 Å². The summed E-state index contributed by atoms with van der Waals surface area (Å²) in [7, 11) is 0. The van der Waals surface area contributed by atoms with E-state index in [0.29, 0.717) is 17.1 Å². The van der Waals surface area contributed by atoms with Gasteiger partial charge in [-0.05, 0) is 17.1 Å². The summed E-state index contributed by atoms with van der Waals surface area (Å²) < 4.78 is 4.61. The van der Waals surface area contributed by atoms with Gasteiger partial charge in [0.25, 0.3) is 5.91 Å². The number of β-lactam (4-membered cyclic amide) rings is 1. The number of fused-ring (bicyclic) bond motifs is 1. The lowest BCUT2D eigenvalue weighted by atomic mass is 10.0. The van der Waals surface area contributed by atoms with Gasteiger partial charge < -0.3 is 10.4 Å². The lowest BCUT2D eigenvalue weighted by Crippen LogP contribution is -2.70. The molecule has 0 saturated carbocycles. The summed E-state index contributed by atoms with van der Waals surface area (Å²) in [5, 5.41) is 11.7. The summed E-state index contributed by atoms with van der Waals surface area (Å²) >= 11 is 6.95. The number of nitrogens with zero attached hydrogens (tertiary/aromatic N) is 3. The van der Waals surface area contributed by atoms with E-state index in [1.165, 1.54) is 46.3 Å². The molecule has 0 radical (unpaired) electrons. The van der Waals surface area contributed by atoms with Gasteiger partial charge in [-0.2, -0.15) is 4.37 Å². The molecular weight excluding hydrogens is 480 g/mol. The van der Waals surface area contributed by atoms with Gasteiger partial charge in [0, 0.05) is 11.5 Å². The molecule has 27 heavy (non-hydrogen) atoms. The Morgan fingerprint density at radius 1 is 1.44 bits per heavy atom. The first-order valence-corrected chi connectivity index (χ1v) is 11.5. The normalized spacial score (nSPS) is 21.5. The van der Waals surface area contributed by atoms with Crippen LogP contribution in [-0.2, 0) is 19.2 Å². The maximum Gasteiger partial charge on any atom is 0.352 e. The second-order valence-corrected chi connectivity index (χ2v) is 9.23. The van der Waals surface area contributed by atoms with Crippen LogP contribution in [0.15, 0.2) is 21.9 Å². The van der Waals surface area contributed by atoms with E-state index < -0.39 is 29.2 Å². The van der Waals surface area contributed by atoms with Crippen LogP contribution in [0.25, 0.3) is 0 Å². The van der Waals surface area contributed by atoms with Crippen molar-refractivity contribution in [3.8, 4) is 0 Å². The number of aliphatic carboxylic acids is 1. The minimum atomic E-state index is -1.18. The van der Waals surface area contributed by atoms with Crippen LogP contribution in [0, 0.1) is 0 Å². The molecule has 13 heteroatoms. The van der Waals surface area contributed by atoms with Crippen LogP contribution < -0.4 is 5.32 Å². The number of alkyl halides is 1. The van der Waals surface area contributed by atoms with Crippen molar-refractivity contribution in [2.24, 2.45) is 0 Å². The highest BCUT2D eigenvalue weighted by atomic mass is 79.9. The Hall–Kier alpha value is -1.44. The van der Waals surface area contributed by atoms with E-state index >= 15 is 0 Å². The lowest BCUT2D eigenvalue weighted by molar-refractivity contribution is -0.150. The minimum Gasteiger partial charge on any atom is -0.477 e. The number of nitrogens with one attached hydrogen (secondary N) is 1. The van der Waals surface area contributed by atoms with E-state index in [0.717, 1.165) is 4.34 Å². The number of carbonyl (C=O) groups is 4. The molecule has 2 aliphatic heterocycles. The van der Waals surface area contributed by atoms with Crippen molar-refractivity contribution in [2.75, 3.05) is 16.8 Å². The number of rotatable bonds is 8. The summed E-state index contributed by atoms with van der Waals surface area (Å²) in [5.41, 5.74) is 0.583. The number of carbonyl (C=O) groups excluding carboxylic acids is 3. The Labute approximate surface area is 174 Å². The van der Waals surface area contributed by atoms with Crippen LogP contribution >= 0.6 is 51.0 Å².